The summed E-state index contributed by atoms with van der Waals surface area (Å²) in [6, 6.07) is 13.8. The molecule has 2 fully saturated rings. The number of hydrogen-bond acceptors (Lipinski definition) is 3. The molecule has 0 aliphatic carbocycles. The first-order valence-corrected chi connectivity index (χ1v) is 11.2. The maximum atomic E-state index is 13.9. The number of benzene rings is 2. The lowest BCUT2D eigenvalue weighted by Gasteiger charge is -2.35. The van der Waals surface area contributed by atoms with Crippen LogP contribution in [-0.2, 0) is 16.6 Å². The fraction of sp³-hybridized carbons (Fsp3) is 0.400. The van der Waals surface area contributed by atoms with E-state index in [9.17, 15) is 14.0 Å². The van der Waals surface area contributed by atoms with E-state index in [2.05, 4.69) is 10.6 Å². The van der Waals surface area contributed by atoms with Crippen molar-refractivity contribution in [2.75, 3.05) is 20.1 Å². The van der Waals surface area contributed by atoms with Crippen LogP contribution in [0.3, 0.4) is 0 Å². The molecule has 0 spiro atoms. The molecule has 6 nitrogen and oxygen atoms in total. The van der Waals surface area contributed by atoms with E-state index in [-0.39, 0.29) is 30.0 Å². The van der Waals surface area contributed by atoms with Crippen LogP contribution in [0.5, 0.6) is 0 Å². The van der Waals surface area contributed by atoms with Gasteiger partial charge in [-0.25, -0.2) is 9.37 Å². The number of hydrogen-bond donors (Lipinski definition) is 0. The molecule has 2 aliphatic rings. The van der Waals surface area contributed by atoms with E-state index < -0.39 is 12.0 Å². The van der Waals surface area contributed by atoms with Crippen LogP contribution in [0.2, 0.25) is 0 Å². The summed E-state index contributed by atoms with van der Waals surface area (Å²) in [5.41, 5.74) is 2.71. The smallest absolute Gasteiger partial charge is 0.228 e. The van der Waals surface area contributed by atoms with E-state index in [4.69, 9.17) is 4.98 Å². The molecule has 2 saturated heterocycles. The highest BCUT2D eigenvalue weighted by Crippen LogP contribution is 2.39. The van der Waals surface area contributed by atoms with Crippen molar-refractivity contribution in [3.63, 3.8) is 0 Å². The van der Waals surface area contributed by atoms with Crippen molar-refractivity contribution in [3.05, 3.63) is 65.7 Å². The van der Waals surface area contributed by atoms with Gasteiger partial charge < -0.3 is 14.4 Å². The lowest BCUT2D eigenvalue weighted by atomic mass is 9.90. The third kappa shape index (κ3) is 3.45. The minimum absolute atomic E-state index is 0.0274. The van der Waals surface area contributed by atoms with E-state index in [1.54, 1.807) is 24.1 Å². The van der Waals surface area contributed by atoms with Gasteiger partial charge in [0, 0.05) is 39.5 Å². The van der Waals surface area contributed by atoms with Crippen molar-refractivity contribution in [3.8, 4) is 0 Å². The van der Waals surface area contributed by atoms with E-state index in [0.29, 0.717) is 18.7 Å². The van der Waals surface area contributed by atoms with Crippen molar-refractivity contribution in [1.29, 1.82) is 0 Å². The Morgan fingerprint density at radius 1 is 1.12 bits per heavy atom. The molecule has 2 aliphatic heterocycles. The van der Waals surface area contributed by atoms with Gasteiger partial charge in [0.15, 0.2) is 0 Å². The number of aryl methyl sites for hydroxylation is 1. The number of carbonyl (C=O) groups is 2. The highest BCUT2D eigenvalue weighted by atomic mass is 19.1. The molecule has 3 atom stereocenters. The van der Waals surface area contributed by atoms with Gasteiger partial charge in [-0.3, -0.25) is 9.59 Å². The molecule has 3 aromatic rings. The summed E-state index contributed by atoms with van der Waals surface area (Å²) in [6.07, 6.45) is 2.02. The van der Waals surface area contributed by atoms with E-state index in [1.165, 1.54) is 12.1 Å². The second kappa shape index (κ2) is 8.04. The molecule has 0 N–H and O–H groups in total. The Labute approximate surface area is 186 Å². The molecule has 0 radical (unpaired) electrons. The number of aromatic nitrogens is 2. The third-order valence-electron chi connectivity index (χ3n) is 7.01. The molecule has 1 aromatic heterocycles. The largest absolute Gasteiger partial charge is 0.342 e. The zero-order chi connectivity index (χ0) is 22.4. The zero-order valence-electron chi connectivity index (χ0n) is 18.4. The maximum absolute atomic E-state index is 13.9. The van der Waals surface area contributed by atoms with Crippen molar-refractivity contribution in [2.45, 2.75) is 31.2 Å². The van der Waals surface area contributed by atoms with E-state index in [0.717, 1.165) is 29.7 Å². The number of rotatable bonds is 3. The first-order chi connectivity index (χ1) is 15.4. The van der Waals surface area contributed by atoms with Crippen molar-refractivity contribution in [1.82, 2.24) is 19.4 Å². The SMILES string of the molecule is CN1C(=O)CC(C(=O)N2CCCC(c3nc4ccccc4n3C)C2)C1c1cccc(F)c1. The lowest BCUT2D eigenvalue weighted by Crippen LogP contribution is -2.44. The number of carbonyl (C=O) groups excluding carboxylic acids is 2. The van der Waals surface area contributed by atoms with Crippen LogP contribution in [0.4, 0.5) is 4.39 Å². The molecule has 3 heterocycles. The van der Waals surface area contributed by atoms with Crippen LogP contribution < -0.4 is 0 Å². The fourth-order valence-corrected chi connectivity index (χ4v) is 5.39. The highest BCUT2D eigenvalue weighted by molar-refractivity contribution is 5.90. The Morgan fingerprint density at radius 3 is 2.72 bits per heavy atom. The summed E-state index contributed by atoms with van der Waals surface area (Å²) in [5, 5.41) is 0. The lowest BCUT2D eigenvalue weighted by molar-refractivity contribution is -0.137. The summed E-state index contributed by atoms with van der Waals surface area (Å²) in [5.74, 6) is 0.161. The standard InChI is InChI=1S/C25H27FN4O2/c1-28-21-11-4-3-10-20(21)27-24(28)17-8-6-12-30(15-17)25(32)19-14-22(31)29(2)23(19)16-7-5-9-18(26)13-16/h3-5,7,9-11,13,17,19,23H,6,8,12,14-15H2,1-2H3. The van der Waals surface area contributed by atoms with Gasteiger partial charge in [-0.05, 0) is 42.7 Å². The summed E-state index contributed by atoms with van der Waals surface area (Å²) in [6.45, 7) is 1.25. The number of fused-ring (bicyclic) bond motifs is 1. The molecule has 32 heavy (non-hydrogen) atoms. The Morgan fingerprint density at radius 2 is 1.94 bits per heavy atom. The van der Waals surface area contributed by atoms with Crippen LogP contribution in [-0.4, -0.2) is 51.3 Å². The van der Waals surface area contributed by atoms with Crippen molar-refractivity contribution >= 4 is 22.8 Å². The van der Waals surface area contributed by atoms with E-state index in [1.807, 2.05) is 30.1 Å². The molecule has 2 amide bonds. The minimum Gasteiger partial charge on any atom is -0.342 e. The number of nitrogens with zero attached hydrogens (tertiary/aromatic N) is 4. The Balaban J connectivity index is 1.40. The number of piperidine rings is 1. The van der Waals surface area contributed by atoms with E-state index >= 15 is 0 Å². The highest BCUT2D eigenvalue weighted by Gasteiger charge is 2.45. The molecule has 166 valence electrons. The topological polar surface area (TPSA) is 58.4 Å². The normalized spacial score (nSPS) is 23.8. The quantitative estimate of drug-likeness (QED) is 0.633. The van der Waals surface area contributed by atoms with Gasteiger partial charge >= 0.3 is 0 Å². The minimum atomic E-state index is -0.506. The monoisotopic (exact) mass is 434 g/mol. The van der Waals surface area contributed by atoms with Gasteiger partial charge in [0.05, 0.1) is 23.0 Å². The molecule has 2 aromatic carbocycles. The third-order valence-corrected chi connectivity index (χ3v) is 7.01. The first kappa shape index (κ1) is 20.7. The zero-order valence-corrected chi connectivity index (χ0v) is 18.4. The molecule has 7 heteroatoms. The summed E-state index contributed by atoms with van der Waals surface area (Å²) in [7, 11) is 3.72. The second-order valence-electron chi connectivity index (χ2n) is 8.96. The fourth-order valence-electron chi connectivity index (χ4n) is 5.39. The van der Waals surface area contributed by atoms with Gasteiger partial charge in [-0.2, -0.15) is 0 Å². The average Bonchev–Trinajstić information content (AvgIpc) is 3.30. The molecular formula is C25H27FN4O2. The van der Waals surface area contributed by atoms with Crippen LogP contribution in [0, 0.1) is 11.7 Å². The van der Waals surface area contributed by atoms with Crippen LogP contribution in [0.1, 0.15) is 42.6 Å². The predicted octanol–water partition coefficient (Wildman–Crippen LogP) is 3.64. The number of likely N-dealkylation sites (tertiary alicyclic amines) is 2. The number of halogens is 1. The Hall–Kier alpha value is -3.22. The second-order valence-corrected chi connectivity index (χ2v) is 8.96. The molecular weight excluding hydrogens is 407 g/mol. The molecule has 0 saturated carbocycles. The summed E-state index contributed by atoms with van der Waals surface area (Å²) < 4.78 is 16.0. The van der Waals surface area contributed by atoms with Crippen molar-refractivity contribution in [2.24, 2.45) is 13.0 Å². The number of amides is 2. The first-order valence-electron chi connectivity index (χ1n) is 11.2. The average molecular weight is 435 g/mol. The van der Waals surface area contributed by atoms with Gasteiger partial charge in [0.1, 0.15) is 11.6 Å². The Kier molecular flexibility index (Phi) is 5.19. The van der Waals surface area contributed by atoms with Crippen LogP contribution in [0.15, 0.2) is 48.5 Å². The van der Waals surface area contributed by atoms with Crippen LogP contribution >= 0.6 is 0 Å². The molecule has 5 rings (SSSR count). The Bertz CT molecular complexity index is 1190. The van der Waals surface area contributed by atoms with Crippen LogP contribution in [0.25, 0.3) is 11.0 Å². The van der Waals surface area contributed by atoms with Gasteiger partial charge in [-0.15, -0.1) is 0 Å². The number of imidazole rings is 1. The predicted molar refractivity (Wildman–Crippen MR) is 119 cm³/mol. The van der Waals surface area contributed by atoms with Gasteiger partial charge in [-0.1, -0.05) is 24.3 Å². The van der Waals surface area contributed by atoms with Gasteiger partial charge in [0.25, 0.3) is 0 Å². The molecule has 3 unspecified atom stereocenters. The number of para-hydroxylation sites is 2. The molecule has 0 bridgehead atoms. The summed E-state index contributed by atoms with van der Waals surface area (Å²) >= 11 is 0. The summed E-state index contributed by atoms with van der Waals surface area (Å²) in [4.78, 5) is 34.5. The van der Waals surface area contributed by atoms with Crippen molar-refractivity contribution < 1.29 is 14.0 Å². The van der Waals surface area contributed by atoms with Gasteiger partial charge in [0.2, 0.25) is 11.8 Å². The maximum Gasteiger partial charge on any atom is 0.228 e.